The monoisotopic (exact) mass is 490 g/mol. The Morgan fingerprint density at radius 2 is 1.51 bits per heavy atom. The quantitative estimate of drug-likeness (QED) is 0.357. The fourth-order valence-electron chi connectivity index (χ4n) is 3.76. The van der Waals surface area contributed by atoms with Gasteiger partial charge in [-0.25, -0.2) is 8.42 Å². The minimum absolute atomic E-state index is 0.125. The van der Waals surface area contributed by atoms with Crippen LogP contribution in [0.4, 0.5) is 5.69 Å². The van der Waals surface area contributed by atoms with E-state index in [0.717, 1.165) is 16.3 Å². The minimum Gasteiger partial charge on any atom is -0.493 e. The molecule has 0 bridgehead atoms. The number of benzene rings is 4. The van der Waals surface area contributed by atoms with Gasteiger partial charge in [0.2, 0.25) is 0 Å². The topological polar surface area (TPSA) is 93.7 Å². The molecule has 0 aliphatic carbocycles. The van der Waals surface area contributed by atoms with Crippen LogP contribution in [0.25, 0.3) is 10.8 Å². The third kappa shape index (κ3) is 5.55. The molecule has 0 aromatic heterocycles. The van der Waals surface area contributed by atoms with Crippen LogP contribution in [-0.2, 0) is 16.4 Å². The summed E-state index contributed by atoms with van der Waals surface area (Å²) in [6.45, 7) is 0.361. The number of amides is 1. The summed E-state index contributed by atoms with van der Waals surface area (Å²) in [5.41, 5.74) is 1.42. The summed E-state index contributed by atoms with van der Waals surface area (Å²) in [6, 6.07) is 24.6. The van der Waals surface area contributed by atoms with Crippen molar-refractivity contribution in [3.05, 3.63) is 96.1 Å². The van der Waals surface area contributed by atoms with Gasteiger partial charge in [0.15, 0.2) is 11.5 Å². The molecule has 4 aromatic carbocycles. The lowest BCUT2D eigenvalue weighted by Crippen LogP contribution is -2.27. The average Bonchev–Trinajstić information content (AvgIpc) is 2.88. The van der Waals surface area contributed by atoms with E-state index in [1.54, 1.807) is 56.7 Å². The van der Waals surface area contributed by atoms with Gasteiger partial charge >= 0.3 is 0 Å². The number of para-hydroxylation sites is 1. The number of anilines is 1. The molecule has 35 heavy (non-hydrogen) atoms. The van der Waals surface area contributed by atoms with Crippen LogP contribution in [0.3, 0.4) is 0 Å². The van der Waals surface area contributed by atoms with E-state index in [1.165, 1.54) is 0 Å². The zero-order valence-electron chi connectivity index (χ0n) is 19.4. The summed E-state index contributed by atoms with van der Waals surface area (Å²) < 4.78 is 39.3. The van der Waals surface area contributed by atoms with Crippen LogP contribution in [0.15, 0.2) is 89.8 Å². The molecule has 0 radical (unpaired) electrons. The van der Waals surface area contributed by atoms with Crippen molar-refractivity contribution in [1.82, 2.24) is 5.32 Å². The van der Waals surface area contributed by atoms with Crippen molar-refractivity contribution < 1.29 is 22.7 Å². The summed E-state index contributed by atoms with van der Waals surface area (Å²) in [6.07, 6.45) is 0.567. The van der Waals surface area contributed by atoms with Crippen molar-refractivity contribution in [1.29, 1.82) is 0 Å². The molecular weight excluding hydrogens is 464 g/mol. The molecule has 0 atom stereocenters. The summed E-state index contributed by atoms with van der Waals surface area (Å²) in [7, 11) is -0.753. The van der Waals surface area contributed by atoms with Gasteiger partial charge in [-0.1, -0.05) is 48.5 Å². The molecule has 0 heterocycles. The zero-order chi connectivity index (χ0) is 24.8. The van der Waals surface area contributed by atoms with Crippen LogP contribution in [0, 0.1) is 0 Å². The number of nitrogens with one attached hydrogen (secondary N) is 2. The summed E-state index contributed by atoms with van der Waals surface area (Å²) >= 11 is 0. The Labute approximate surface area is 204 Å². The molecule has 0 spiro atoms. The van der Waals surface area contributed by atoms with Crippen LogP contribution in [-0.4, -0.2) is 35.1 Å². The van der Waals surface area contributed by atoms with Gasteiger partial charge in [0.1, 0.15) is 0 Å². The molecule has 4 rings (SSSR count). The van der Waals surface area contributed by atoms with Crippen molar-refractivity contribution in [2.45, 2.75) is 11.3 Å². The molecule has 7 nitrogen and oxygen atoms in total. The number of hydrogen-bond acceptors (Lipinski definition) is 5. The van der Waals surface area contributed by atoms with Gasteiger partial charge in [-0.05, 0) is 59.2 Å². The second-order valence-electron chi connectivity index (χ2n) is 7.86. The number of fused-ring (bicyclic) bond motifs is 1. The standard InChI is InChI=1S/C27H26N2O5S/c1-33-25-14-11-19(17-26(25)34-2)15-16-28-27(30)23-9-5-6-10-24(23)29-35(31,32)22-13-12-20-7-3-4-8-21(20)18-22/h3-14,17-18,29H,15-16H2,1-2H3,(H,28,30). The second-order valence-corrected chi connectivity index (χ2v) is 9.54. The predicted octanol–water partition coefficient (Wildman–Crippen LogP) is 4.63. The van der Waals surface area contributed by atoms with E-state index in [2.05, 4.69) is 10.0 Å². The number of hydrogen-bond donors (Lipinski definition) is 2. The average molecular weight is 491 g/mol. The number of rotatable bonds is 9. The summed E-state index contributed by atoms with van der Waals surface area (Å²) in [5.74, 6) is 0.875. The second kappa shape index (κ2) is 10.5. The maximum atomic E-state index is 13.1. The number of carbonyl (C=O) groups is 1. The molecule has 180 valence electrons. The highest BCUT2D eigenvalue weighted by atomic mass is 32.2. The molecule has 0 aliphatic rings. The molecule has 1 amide bonds. The first kappa shape index (κ1) is 24.1. The Bertz CT molecular complexity index is 1470. The van der Waals surface area contributed by atoms with Crippen LogP contribution in [0.5, 0.6) is 11.5 Å². The molecule has 0 unspecified atom stereocenters. The fourth-order valence-corrected chi connectivity index (χ4v) is 4.87. The molecule has 0 aliphatic heterocycles. The van der Waals surface area contributed by atoms with E-state index >= 15 is 0 Å². The molecular formula is C27H26N2O5S. The first-order chi connectivity index (χ1) is 16.9. The summed E-state index contributed by atoms with van der Waals surface area (Å²) in [5, 5.41) is 4.62. The molecule has 8 heteroatoms. The van der Waals surface area contributed by atoms with Crippen LogP contribution >= 0.6 is 0 Å². The van der Waals surface area contributed by atoms with Gasteiger partial charge in [0, 0.05) is 6.54 Å². The van der Waals surface area contributed by atoms with E-state index in [0.29, 0.717) is 24.5 Å². The van der Waals surface area contributed by atoms with Crippen molar-refractivity contribution in [2.75, 3.05) is 25.5 Å². The predicted molar refractivity (Wildman–Crippen MR) is 137 cm³/mol. The van der Waals surface area contributed by atoms with E-state index in [1.807, 2.05) is 42.5 Å². The highest BCUT2D eigenvalue weighted by Crippen LogP contribution is 2.28. The van der Waals surface area contributed by atoms with Crippen LogP contribution < -0.4 is 19.5 Å². The fraction of sp³-hybridized carbons (Fsp3) is 0.148. The van der Waals surface area contributed by atoms with E-state index in [-0.39, 0.29) is 22.1 Å². The van der Waals surface area contributed by atoms with E-state index in [9.17, 15) is 13.2 Å². The molecule has 0 saturated carbocycles. The minimum atomic E-state index is -3.89. The SMILES string of the molecule is COc1ccc(CCNC(=O)c2ccccc2NS(=O)(=O)c2ccc3ccccc3c2)cc1OC. The molecule has 0 fully saturated rings. The Balaban J connectivity index is 1.46. The summed E-state index contributed by atoms with van der Waals surface area (Å²) in [4.78, 5) is 13.0. The maximum Gasteiger partial charge on any atom is 0.261 e. The van der Waals surface area contributed by atoms with E-state index < -0.39 is 10.0 Å². The highest BCUT2D eigenvalue weighted by Gasteiger charge is 2.19. The van der Waals surface area contributed by atoms with Gasteiger partial charge in [0.25, 0.3) is 15.9 Å². The first-order valence-electron chi connectivity index (χ1n) is 11.0. The Morgan fingerprint density at radius 1 is 0.800 bits per heavy atom. The lowest BCUT2D eigenvalue weighted by Gasteiger charge is -2.14. The maximum absolute atomic E-state index is 13.1. The lowest BCUT2D eigenvalue weighted by molar-refractivity contribution is 0.0955. The smallest absolute Gasteiger partial charge is 0.261 e. The van der Waals surface area contributed by atoms with Gasteiger partial charge in [-0.15, -0.1) is 0 Å². The Hall–Kier alpha value is -4.04. The van der Waals surface area contributed by atoms with Gasteiger partial charge < -0.3 is 14.8 Å². The van der Waals surface area contributed by atoms with Crippen LogP contribution in [0.1, 0.15) is 15.9 Å². The number of sulfonamides is 1. The van der Waals surface area contributed by atoms with Gasteiger partial charge in [0.05, 0.1) is 30.4 Å². The normalized spacial score (nSPS) is 11.1. The number of carbonyl (C=O) groups excluding carboxylic acids is 1. The Morgan fingerprint density at radius 3 is 2.29 bits per heavy atom. The highest BCUT2D eigenvalue weighted by molar-refractivity contribution is 7.92. The zero-order valence-corrected chi connectivity index (χ0v) is 20.3. The van der Waals surface area contributed by atoms with Crippen molar-refractivity contribution >= 4 is 32.4 Å². The molecule has 0 saturated heterocycles. The third-order valence-electron chi connectivity index (χ3n) is 5.59. The number of methoxy groups -OCH3 is 2. The van der Waals surface area contributed by atoms with Gasteiger partial charge in [-0.3, -0.25) is 9.52 Å². The lowest BCUT2D eigenvalue weighted by atomic mass is 10.1. The molecule has 4 aromatic rings. The van der Waals surface area contributed by atoms with Crippen molar-refractivity contribution in [3.63, 3.8) is 0 Å². The van der Waals surface area contributed by atoms with Crippen molar-refractivity contribution in [2.24, 2.45) is 0 Å². The largest absolute Gasteiger partial charge is 0.493 e. The van der Waals surface area contributed by atoms with E-state index in [4.69, 9.17) is 9.47 Å². The van der Waals surface area contributed by atoms with Crippen LogP contribution in [0.2, 0.25) is 0 Å². The van der Waals surface area contributed by atoms with Crippen molar-refractivity contribution in [3.8, 4) is 11.5 Å². The first-order valence-corrected chi connectivity index (χ1v) is 12.5. The molecule has 2 N–H and O–H groups in total. The van der Waals surface area contributed by atoms with Gasteiger partial charge in [-0.2, -0.15) is 0 Å². The number of ether oxygens (including phenoxy) is 2. The Kier molecular flexibility index (Phi) is 7.22. The third-order valence-corrected chi connectivity index (χ3v) is 6.96.